The van der Waals surface area contributed by atoms with Crippen LogP contribution in [0.15, 0.2) is 48.5 Å². The van der Waals surface area contributed by atoms with Crippen molar-refractivity contribution in [1.82, 2.24) is 0 Å². The number of aromatic amines is 1. The average molecular weight is 323 g/mol. The largest absolute Gasteiger partial charge is 0.497 e. The number of ether oxygens (including phenoxy) is 2. The first-order valence-corrected chi connectivity index (χ1v) is 8.16. The predicted octanol–water partition coefficient (Wildman–Crippen LogP) is 3.37. The highest BCUT2D eigenvalue weighted by atomic mass is 16.5. The lowest BCUT2D eigenvalue weighted by Crippen LogP contribution is -2.17. The van der Waals surface area contributed by atoms with Crippen LogP contribution in [0.1, 0.15) is 12.1 Å². The van der Waals surface area contributed by atoms with Gasteiger partial charge in [-0.05, 0) is 36.7 Å². The summed E-state index contributed by atoms with van der Waals surface area (Å²) in [7, 11) is 1.68. The molecule has 0 radical (unpaired) electrons. The maximum atomic E-state index is 5.93. The van der Waals surface area contributed by atoms with E-state index in [9.17, 15) is 0 Å². The SMILES string of the molecule is COc1ccc2c(OCCCN)[nH+]c(C)c(-c3ccccc3)c2c1. The summed E-state index contributed by atoms with van der Waals surface area (Å²) in [5.74, 6) is 1.61. The van der Waals surface area contributed by atoms with Crippen molar-refractivity contribution in [3.63, 3.8) is 0 Å². The molecule has 4 heteroatoms. The molecule has 0 bridgehead atoms. The molecule has 0 atom stereocenters. The summed E-state index contributed by atoms with van der Waals surface area (Å²) in [4.78, 5) is 3.41. The van der Waals surface area contributed by atoms with Crippen molar-refractivity contribution in [3.8, 4) is 22.8 Å². The molecule has 124 valence electrons. The van der Waals surface area contributed by atoms with Gasteiger partial charge in [0, 0.05) is 12.3 Å². The number of methoxy groups -OCH3 is 1. The quantitative estimate of drug-likeness (QED) is 0.708. The molecule has 3 aromatic rings. The third-order valence-electron chi connectivity index (χ3n) is 4.07. The van der Waals surface area contributed by atoms with Crippen LogP contribution in [-0.4, -0.2) is 20.3 Å². The molecule has 0 aliphatic heterocycles. The second-order valence-corrected chi connectivity index (χ2v) is 5.72. The van der Waals surface area contributed by atoms with Crippen LogP contribution in [0, 0.1) is 6.92 Å². The van der Waals surface area contributed by atoms with Gasteiger partial charge in [0.05, 0.1) is 24.7 Å². The molecule has 0 spiro atoms. The summed E-state index contributed by atoms with van der Waals surface area (Å²) in [5.41, 5.74) is 8.95. The van der Waals surface area contributed by atoms with E-state index >= 15 is 0 Å². The molecule has 2 aromatic carbocycles. The highest BCUT2D eigenvalue weighted by molar-refractivity contribution is 5.99. The van der Waals surface area contributed by atoms with Crippen molar-refractivity contribution < 1.29 is 14.5 Å². The van der Waals surface area contributed by atoms with Gasteiger partial charge in [-0.2, -0.15) is 4.98 Å². The molecule has 0 saturated carbocycles. The third kappa shape index (κ3) is 3.19. The number of fused-ring (bicyclic) bond motifs is 1. The normalized spacial score (nSPS) is 10.8. The summed E-state index contributed by atoms with van der Waals surface area (Å²) >= 11 is 0. The third-order valence-corrected chi connectivity index (χ3v) is 4.07. The Labute approximate surface area is 142 Å². The highest BCUT2D eigenvalue weighted by Gasteiger charge is 2.20. The molecular formula is C20H23N2O2+. The lowest BCUT2D eigenvalue weighted by atomic mass is 9.97. The van der Waals surface area contributed by atoms with Crippen LogP contribution in [0.3, 0.4) is 0 Å². The molecule has 0 aliphatic rings. The molecule has 0 aliphatic carbocycles. The van der Waals surface area contributed by atoms with Gasteiger partial charge in [-0.15, -0.1) is 0 Å². The molecule has 0 saturated heterocycles. The smallest absolute Gasteiger partial charge is 0.374 e. The van der Waals surface area contributed by atoms with Crippen LogP contribution < -0.4 is 20.2 Å². The Balaban J connectivity index is 2.20. The fourth-order valence-electron chi connectivity index (χ4n) is 2.91. The number of benzene rings is 2. The monoisotopic (exact) mass is 323 g/mol. The fraction of sp³-hybridized carbons (Fsp3) is 0.250. The number of nitrogens with one attached hydrogen (secondary N) is 1. The van der Waals surface area contributed by atoms with Crippen LogP contribution in [0.2, 0.25) is 0 Å². The van der Waals surface area contributed by atoms with Gasteiger partial charge < -0.3 is 15.2 Å². The number of hydrogen-bond donors (Lipinski definition) is 1. The minimum atomic E-state index is 0.595. The van der Waals surface area contributed by atoms with Gasteiger partial charge in [0.2, 0.25) is 0 Å². The summed E-state index contributed by atoms with van der Waals surface area (Å²) < 4.78 is 11.4. The van der Waals surface area contributed by atoms with Crippen LogP contribution in [0.25, 0.3) is 21.9 Å². The number of pyridine rings is 1. The first-order valence-electron chi connectivity index (χ1n) is 8.16. The van der Waals surface area contributed by atoms with E-state index in [4.69, 9.17) is 15.2 Å². The van der Waals surface area contributed by atoms with E-state index in [2.05, 4.69) is 30.1 Å². The Hall–Kier alpha value is -2.59. The molecule has 0 fully saturated rings. The van der Waals surface area contributed by atoms with E-state index in [1.165, 1.54) is 0 Å². The second kappa shape index (κ2) is 7.32. The molecule has 1 aromatic heterocycles. The van der Waals surface area contributed by atoms with E-state index in [-0.39, 0.29) is 0 Å². The molecule has 0 amide bonds. The Morgan fingerprint density at radius 1 is 1.04 bits per heavy atom. The van der Waals surface area contributed by atoms with Gasteiger partial charge in [0.25, 0.3) is 0 Å². The first kappa shape index (κ1) is 16.3. The molecule has 4 nitrogen and oxygen atoms in total. The second-order valence-electron chi connectivity index (χ2n) is 5.72. The Morgan fingerprint density at radius 2 is 1.83 bits per heavy atom. The van der Waals surface area contributed by atoms with Crippen LogP contribution in [-0.2, 0) is 0 Å². The Kier molecular flexibility index (Phi) is 4.96. The number of nitrogens with two attached hydrogens (primary N) is 1. The van der Waals surface area contributed by atoms with Gasteiger partial charge >= 0.3 is 5.88 Å². The van der Waals surface area contributed by atoms with Gasteiger partial charge in [0.1, 0.15) is 5.75 Å². The summed E-state index contributed by atoms with van der Waals surface area (Å²) in [5, 5.41) is 2.15. The minimum Gasteiger partial charge on any atom is -0.497 e. The fourth-order valence-corrected chi connectivity index (χ4v) is 2.91. The summed E-state index contributed by atoms with van der Waals surface area (Å²) in [6.45, 7) is 3.28. The Morgan fingerprint density at radius 3 is 2.54 bits per heavy atom. The molecule has 24 heavy (non-hydrogen) atoms. The van der Waals surface area contributed by atoms with E-state index < -0.39 is 0 Å². The zero-order chi connectivity index (χ0) is 16.9. The van der Waals surface area contributed by atoms with Crippen molar-refractivity contribution in [1.29, 1.82) is 0 Å². The van der Waals surface area contributed by atoms with Crippen molar-refractivity contribution in [2.45, 2.75) is 13.3 Å². The minimum absolute atomic E-state index is 0.595. The number of H-pyrrole nitrogens is 1. The van der Waals surface area contributed by atoms with E-state index in [1.807, 2.05) is 30.3 Å². The first-order chi connectivity index (χ1) is 11.7. The molecular weight excluding hydrogens is 300 g/mol. The molecule has 3 rings (SSSR count). The van der Waals surface area contributed by atoms with Gasteiger partial charge in [-0.25, -0.2) is 0 Å². The number of hydrogen-bond acceptors (Lipinski definition) is 3. The van der Waals surface area contributed by atoms with E-state index in [0.717, 1.165) is 45.6 Å². The zero-order valence-corrected chi connectivity index (χ0v) is 14.1. The van der Waals surface area contributed by atoms with Crippen LogP contribution in [0.5, 0.6) is 11.6 Å². The Bertz CT molecular complexity index is 832. The highest BCUT2D eigenvalue weighted by Crippen LogP contribution is 2.35. The lowest BCUT2D eigenvalue weighted by molar-refractivity contribution is -0.400. The zero-order valence-electron chi connectivity index (χ0n) is 14.1. The maximum Gasteiger partial charge on any atom is 0.374 e. The predicted molar refractivity (Wildman–Crippen MR) is 96.4 cm³/mol. The van der Waals surface area contributed by atoms with Crippen molar-refractivity contribution in [3.05, 3.63) is 54.2 Å². The van der Waals surface area contributed by atoms with Crippen molar-refractivity contribution >= 4 is 10.8 Å². The lowest BCUT2D eigenvalue weighted by Gasteiger charge is -2.11. The van der Waals surface area contributed by atoms with E-state index in [1.54, 1.807) is 7.11 Å². The van der Waals surface area contributed by atoms with Crippen LogP contribution in [0.4, 0.5) is 0 Å². The van der Waals surface area contributed by atoms with E-state index in [0.29, 0.717) is 13.2 Å². The van der Waals surface area contributed by atoms with Gasteiger partial charge in [-0.3, -0.25) is 0 Å². The topological polar surface area (TPSA) is 58.6 Å². The number of rotatable bonds is 6. The molecule has 1 heterocycles. The van der Waals surface area contributed by atoms with Crippen molar-refractivity contribution in [2.75, 3.05) is 20.3 Å². The van der Waals surface area contributed by atoms with Gasteiger partial charge in [0.15, 0.2) is 5.69 Å². The number of aryl methyl sites for hydroxylation is 1. The molecule has 0 unspecified atom stereocenters. The summed E-state index contributed by atoms with van der Waals surface area (Å²) in [6, 6.07) is 16.4. The molecule has 3 N–H and O–H groups in total. The summed E-state index contributed by atoms with van der Waals surface area (Å²) in [6.07, 6.45) is 0.824. The number of aromatic nitrogens is 1. The van der Waals surface area contributed by atoms with Crippen LogP contribution >= 0.6 is 0 Å². The standard InChI is InChI=1S/C20H22N2O2/c1-14-19(15-7-4-3-5-8-15)18-13-16(23-2)9-10-17(18)20(22-14)24-12-6-11-21/h3-5,7-10,13H,6,11-12,21H2,1-2H3/p+1. The average Bonchev–Trinajstić information content (AvgIpc) is 2.62. The maximum absolute atomic E-state index is 5.93. The van der Waals surface area contributed by atoms with Crippen molar-refractivity contribution in [2.24, 2.45) is 5.73 Å². The van der Waals surface area contributed by atoms with Gasteiger partial charge in [-0.1, -0.05) is 30.3 Å².